The molecule has 0 saturated carbocycles. The van der Waals surface area contributed by atoms with Gasteiger partial charge in [0.05, 0.1) is 12.2 Å². The minimum Gasteiger partial charge on any atom is -0.482 e. The Morgan fingerprint density at radius 1 is 1.06 bits per heavy atom. The van der Waals surface area contributed by atoms with Gasteiger partial charge in [0.2, 0.25) is 0 Å². The molecule has 0 spiro atoms. The number of halogens is 4. The number of alkyl halides is 3. The SMILES string of the molecule is O=C(O)COc1ccc(Cl)cc1C1c2ccccc2CCN1C(=O)COc1ccc(C(F)(F)F)nc1. The normalized spacial score (nSPS) is 15.2. The molecule has 1 N–H and O–H groups in total. The number of aliphatic carboxylic acids is 1. The highest BCUT2D eigenvalue weighted by molar-refractivity contribution is 6.30. The van der Waals surface area contributed by atoms with E-state index in [9.17, 15) is 22.8 Å². The number of rotatable bonds is 7. The summed E-state index contributed by atoms with van der Waals surface area (Å²) in [6, 6.07) is 13.5. The first kappa shape index (κ1) is 25.3. The molecule has 1 aliphatic heterocycles. The van der Waals surface area contributed by atoms with Crippen LogP contribution in [0.15, 0.2) is 60.8 Å². The first-order chi connectivity index (χ1) is 17.1. The summed E-state index contributed by atoms with van der Waals surface area (Å²) in [6.07, 6.45) is -3.11. The molecule has 1 unspecified atom stereocenters. The number of hydrogen-bond acceptors (Lipinski definition) is 5. The Labute approximate surface area is 209 Å². The van der Waals surface area contributed by atoms with E-state index in [1.54, 1.807) is 23.1 Å². The van der Waals surface area contributed by atoms with Gasteiger partial charge in [0.15, 0.2) is 13.2 Å². The first-order valence-corrected chi connectivity index (χ1v) is 11.2. The Bertz CT molecular complexity index is 1270. The highest BCUT2D eigenvalue weighted by Gasteiger charge is 2.35. The van der Waals surface area contributed by atoms with Crippen LogP contribution in [-0.4, -0.2) is 46.6 Å². The van der Waals surface area contributed by atoms with E-state index in [0.717, 1.165) is 29.5 Å². The minimum atomic E-state index is -4.58. The van der Waals surface area contributed by atoms with Gasteiger partial charge in [0, 0.05) is 17.1 Å². The number of carbonyl (C=O) groups excluding carboxylic acids is 1. The van der Waals surface area contributed by atoms with E-state index in [-0.39, 0.29) is 11.5 Å². The molecule has 2 heterocycles. The molecule has 188 valence electrons. The van der Waals surface area contributed by atoms with E-state index in [0.29, 0.717) is 23.6 Å². The van der Waals surface area contributed by atoms with Crippen molar-refractivity contribution in [2.24, 2.45) is 0 Å². The molecule has 1 aromatic heterocycles. The largest absolute Gasteiger partial charge is 0.482 e. The number of nitrogens with zero attached hydrogens (tertiary/aromatic N) is 2. The van der Waals surface area contributed by atoms with Crippen LogP contribution in [-0.2, 0) is 22.2 Å². The summed E-state index contributed by atoms with van der Waals surface area (Å²) in [6.45, 7) is -0.710. The number of aromatic nitrogens is 1. The fraction of sp³-hybridized carbons (Fsp3) is 0.240. The van der Waals surface area contributed by atoms with Crippen molar-refractivity contribution >= 4 is 23.5 Å². The molecule has 0 saturated heterocycles. The molecule has 0 radical (unpaired) electrons. The molecular formula is C25H20ClF3N2O5. The summed E-state index contributed by atoms with van der Waals surface area (Å²) in [5.41, 5.74) is 1.25. The Morgan fingerprint density at radius 3 is 2.53 bits per heavy atom. The van der Waals surface area contributed by atoms with Gasteiger partial charge >= 0.3 is 12.1 Å². The topological polar surface area (TPSA) is 89.0 Å². The number of carbonyl (C=O) groups is 2. The predicted molar refractivity (Wildman–Crippen MR) is 123 cm³/mol. The summed E-state index contributed by atoms with van der Waals surface area (Å²) < 4.78 is 49.2. The zero-order chi connectivity index (χ0) is 25.9. The minimum absolute atomic E-state index is 0.0125. The van der Waals surface area contributed by atoms with Crippen molar-refractivity contribution in [3.63, 3.8) is 0 Å². The molecule has 3 aromatic rings. The van der Waals surface area contributed by atoms with E-state index in [1.807, 2.05) is 24.3 Å². The molecule has 11 heteroatoms. The first-order valence-electron chi connectivity index (χ1n) is 10.8. The van der Waals surface area contributed by atoms with E-state index >= 15 is 0 Å². The molecule has 0 fully saturated rings. The van der Waals surface area contributed by atoms with Crippen LogP contribution in [0.4, 0.5) is 13.2 Å². The number of fused-ring (bicyclic) bond motifs is 1. The smallest absolute Gasteiger partial charge is 0.433 e. The lowest BCUT2D eigenvalue weighted by Crippen LogP contribution is -2.43. The lowest BCUT2D eigenvalue weighted by atomic mass is 9.87. The Morgan fingerprint density at radius 2 is 1.83 bits per heavy atom. The third kappa shape index (κ3) is 5.71. The predicted octanol–water partition coefficient (Wildman–Crippen LogP) is 4.77. The zero-order valence-corrected chi connectivity index (χ0v) is 19.4. The monoisotopic (exact) mass is 520 g/mol. The maximum Gasteiger partial charge on any atom is 0.433 e. The van der Waals surface area contributed by atoms with Gasteiger partial charge in [-0.05, 0) is 47.9 Å². The van der Waals surface area contributed by atoms with E-state index < -0.39 is 43.0 Å². The van der Waals surface area contributed by atoms with Crippen LogP contribution in [0, 0.1) is 0 Å². The Balaban J connectivity index is 1.62. The van der Waals surface area contributed by atoms with Crippen molar-refractivity contribution in [3.8, 4) is 11.5 Å². The second-order valence-electron chi connectivity index (χ2n) is 7.97. The van der Waals surface area contributed by atoms with E-state index in [4.69, 9.17) is 26.2 Å². The molecule has 1 amide bonds. The van der Waals surface area contributed by atoms with Crippen molar-refractivity contribution in [3.05, 3.63) is 88.2 Å². The summed E-state index contributed by atoms with van der Waals surface area (Å²) >= 11 is 6.25. The quantitative estimate of drug-likeness (QED) is 0.483. The van der Waals surface area contributed by atoms with Crippen LogP contribution in [0.1, 0.15) is 28.4 Å². The number of benzene rings is 2. The van der Waals surface area contributed by atoms with E-state index in [1.165, 1.54) is 0 Å². The third-order valence-electron chi connectivity index (χ3n) is 5.61. The number of carboxylic acid groups (broad SMARTS) is 1. The molecule has 7 nitrogen and oxygen atoms in total. The number of ether oxygens (including phenoxy) is 2. The van der Waals surface area contributed by atoms with Gasteiger partial charge in [0.25, 0.3) is 5.91 Å². The van der Waals surface area contributed by atoms with Crippen molar-refractivity contribution in [1.82, 2.24) is 9.88 Å². The molecule has 0 bridgehead atoms. The average molecular weight is 521 g/mol. The van der Waals surface area contributed by atoms with Crippen LogP contribution in [0.5, 0.6) is 11.5 Å². The van der Waals surface area contributed by atoms with Gasteiger partial charge in [-0.25, -0.2) is 9.78 Å². The van der Waals surface area contributed by atoms with Crippen LogP contribution in [0.3, 0.4) is 0 Å². The summed E-state index contributed by atoms with van der Waals surface area (Å²) in [4.78, 5) is 29.3. The van der Waals surface area contributed by atoms with Gasteiger partial charge in [-0.1, -0.05) is 35.9 Å². The molecule has 1 atom stereocenters. The third-order valence-corrected chi connectivity index (χ3v) is 5.85. The number of hydrogen-bond donors (Lipinski definition) is 1. The average Bonchev–Trinajstić information content (AvgIpc) is 2.85. The summed E-state index contributed by atoms with van der Waals surface area (Å²) in [5.74, 6) is -1.32. The van der Waals surface area contributed by atoms with Gasteiger partial charge in [0.1, 0.15) is 17.2 Å². The Hall–Kier alpha value is -3.79. The molecule has 0 aliphatic carbocycles. The van der Waals surface area contributed by atoms with Gasteiger partial charge in [-0.15, -0.1) is 0 Å². The molecule has 4 rings (SSSR count). The lowest BCUT2D eigenvalue weighted by Gasteiger charge is -2.38. The summed E-state index contributed by atoms with van der Waals surface area (Å²) in [7, 11) is 0. The number of carboxylic acids is 1. The molecule has 36 heavy (non-hydrogen) atoms. The van der Waals surface area contributed by atoms with Gasteiger partial charge < -0.3 is 19.5 Å². The molecule has 1 aliphatic rings. The fourth-order valence-electron chi connectivity index (χ4n) is 4.04. The van der Waals surface area contributed by atoms with Crippen molar-refractivity contribution in [2.45, 2.75) is 18.6 Å². The van der Waals surface area contributed by atoms with Gasteiger partial charge in [-0.3, -0.25) is 4.79 Å². The van der Waals surface area contributed by atoms with Crippen molar-refractivity contribution in [1.29, 1.82) is 0 Å². The fourth-order valence-corrected chi connectivity index (χ4v) is 4.22. The molecular weight excluding hydrogens is 501 g/mol. The van der Waals surface area contributed by atoms with Crippen molar-refractivity contribution in [2.75, 3.05) is 19.8 Å². The summed E-state index contributed by atoms with van der Waals surface area (Å²) in [5, 5.41) is 9.44. The van der Waals surface area contributed by atoms with E-state index in [2.05, 4.69) is 4.98 Å². The highest BCUT2D eigenvalue weighted by atomic mass is 35.5. The standard InChI is InChI=1S/C25H20ClF3N2O5/c26-16-5-7-20(36-14-23(33)34)19(11-16)24-18-4-2-1-3-15(18)9-10-31(24)22(32)13-35-17-6-8-21(30-12-17)25(27,28)29/h1-8,11-12,24H,9-10,13-14H2,(H,33,34). The second kappa shape index (κ2) is 10.4. The number of amides is 1. The maximum absolute atomic E-state index is 13.3. The molecule has 2 aromatic carbocycles. The van der Waals surface area contributed by atoms with Crippen LogP contribution in [0.25, 0.3) is 0 Å². The van der Waals surface area contributed by atoms with Crippen molar-refractivity contribution < 1.29 is 37.3 Å². The van der Waals surface area contributed by atoms with Crippen LogP contribution in [0.2, 0.25) is 5.02 Å². The maximum atomic E-state index is 13.3. The number of pyridine rings is 1. The van der Waals surface area contributed by atoms with Gasteiger partial charge in [-0.2, -0.15) is 13.2 Å². The second-order valence-corrected chi connectivity index (χ2v) is 8.41. The van der Waals surface area contributed by atoms with Crippen LogP contribution < -0.4 is 9.47 Å². The van der Waals surface area contributed by atoms with Crippen LogP contribution >= 0.6 is 11.6 Å². The Kier molecular flexibility index (Phi) is 7.35. The zero-order valence-electron chi connectivity index (χ0n) is 18.7. The lowest BCUT2D eigenvalue weighted by molar-refractivity contribution is -0.141. The highest BCUT2D eigenvalue weighted by Crippen LogP contribution is 2.40.